The highest BCUT2D eigenvalue weighted by molar-refractivity contribution is 6.37. The Bertz CT molecular complexity index is 1290. The zero-order chi connectivity index (χ0) is 26.4. The number of rotatable bonds is 5. The molecule has 2 saturated heterocycles. The Morgan fingerprint density at radius 1 is 1.19 bits per heavy atom. The highest BCUT2D eigenvalue weighted by atomic mass is 35.5. The summed E-state index contributed by atoms with van der Waals surface area (Å²) >= 11 is 12.9. The Labute approximate surface area is 222 Å². The second-order valence-corrected chi connectivity index (χ2v) is 9.99. The fourth-order valence-electron chi connectivity index (χ4n) is 5.05. The topological polar surface area (TPSA) is 83.1 Å². The van der Waals surface area contributed by atoms with Crippen LogP contribution >= 0.6 is 23.2 Å². The number of hydrogen-bond acceptors (Lipinski definition) is 6. The van der Waals surface area contributed by atoms with Crippen molar-refractivity contribution in [1.29, 1.82) is 0 Å². The number of alkyl carbamates (subject to hydrolysis) is 1. The molecule has 0 saturated carbocycles. The molecule has 37 heavy (non-hydrogen) atoms. The standard InChI is InChI=1S/C25H24Cl2F2N4O4/c1-12-22-18(23(32(2)31-22)13-5-15(28)9-16(29)6-13)3-4-33(12)24(34)19-7-14(26)8-20(21(19)27)36-11-17-10-30-25(35)37-17/h5-9,12,17,22,31H,3-4,10-11H2,1-2H3,(H,30,35)/t12-,17-,22?/m0/s1. The number of halogens is 4. The van der Waals surface area contributed by atoms with Crippen LogP contribution in [-0.4, -0.2) is 66.8 Å². The van der Waals surface area contributed by atoms with Gasteiger partial charge in [0, 0.05) is 36.3 Å². The summed E-state index contributed by atoms with van der Waals surface area (Å²) in [5.41, 5.74) is 5.58. The van der Waals surface area contributed by atoms with Crippen molar-refractivity contribution in [3.8, 4) is 5.75 Å². The first-order chi connectivity index (χ1) is 17.6. The van der Waals surface area contributed by atoms with Gasteiger partial charge in [-0.25, -0.2) is 19.0 Å². The van der Waals surface area contributed by atoms with Crippen LogP contribution in [0.2, 0.25) is 10.0 Å². The monoisotopic (exact) mass is 552 g/mol. The molecule has 3 atom stereocenters. The molecule has 3 aliphatic rings. The van der Waals surface area contributed by atoms with Gasteiger partial charge in [0.05, 0.1) is 34.9 Å². The quantitative estimate of drug-likeness (QED) is 0.577. The van der Waals surface area contributed by atoms with Crippen molar-refractivity contribution in [1.82, 2.24) is 20.7 Å². The predicted molar refractivity (Wildman–Crippen MR) is 133 cm³/mol. The fourth-order valence-corrected chi connectivity index (χ4v) is 5.51. The minimum absolute atomic E-state index is 0.0441. The van der Waals surface area contributed by atoms with Gasteiger partial charge in [0.15, 0.2) is 6.10 Å². The average Bonchev–Trinajstić information content (AvgIpc) is 3.41. The maximum Gasteiger partial charge on any atom is 0.407 e. The van der Waals surface area contributed by atoms with E-state index in [1.165, 1.54) is 24.3 Å². The van der Waals surface area contributed by atoms with Gasteiger partial charge in [0.2, 0.25) is 0 Å². The molecule has 0 spiro atoms. The summed E-state index contributed by atoms with van der Waals surface area (Å²) < 4.78 is 38.6. The summed E-state index contributed by atoms with van der Waals surface area (Å²) in [7, 11) is 1.77. The third-order valence-electron chi connectivity index (χ3n) is 6.75. The fraction of sp³-hybridized carbons (Fsp3) is 0.360. The molecule has 196 valence electrons. The lowest BCUT2D eigenvalue weighted by molar-refractivity contribution is 0.0618. The first-order valence-corrected chi connectivity index (χ1v) is 12.4. The maximum atomic E-state index is 13.9. The number of nitrogens with one attached hydrogen (secondary N) is 2. The molecule has 2 aromatic carbocycles. The molecule has 2 amide bonds. The van der Waals surface area contributed by atoms with Gasteiger partial charge in [-0.3, -0.25) is 4.79 Å². The van der Waals surface area contributed by atoms with Gasteiger partial charge in [0.25, 0.3) is 5.91 Å². The highest BCUT2D eigenvalue weighted by Crippen LogP contribution is 2.39. The van der Waals surface area contributed by atoms with Gasteiger partial charge < -0.3 is 24.7 Å². The van der Waals surface area contributed by atoms with Crippen molar-refractivity contribution >= 4 is 40.9 Å². The van der Waals surface area contributed by atoms with Gasteiger partial charge in [-0.05, 0) is 37.1 Å². The molecule has 2 N–H and O–H groups in total. The number of hydrogen-bond donors (Lipinski definition) is 2. The number of piperidine rings is 1. The van der Waals surface area contributed by atoms with Gasteiger partial charge in [-0.1, -0.05) is 23.2 Å². The summed E-state index contributed by atoms with van der Waals surface area (Å²) in [5, 5.41) is 4.65. The minimum atomic E-state index is -0.656. The summed E-state index contributed by atoms with van der Waals surface area (Å²) in [5.74, 6) is -1.43. The summed E-state index contributed by atoms with van der Waals surface area (Å²) in [6.45, 7) is 2.61. The lowest BCUT2D eigenvalue weighted by atomic mass is 9.89. The Hall–Kier alpha value is -3.08. The highest BCUT2D eigenvalue weighted by Gasteiger charge is 2.41. The molecule has 0 aromatic heterocycles. The van der Waals surface area contributed by atoms with Gasteiger partial charge in [-0.2, -0.15) is 0 Å². The Morgan fingerprint density at radius 3 is 2.59 bits per heavy atom. The summed E-state index contributed by atoms with van der Waals surface area (Å²) in [4.78, 5) is 26.6. The van der Waals surface area contributed by atoms with Crippen LogP contribution in [-0.2, 0) is 4.74 Å². The predicted octanol–water partition coefficient (Wildman–Crippen LogP) is 4.22. The van der Waals surface area contributed by atoms with E-state index in [0.29, 0.717) is 30.8 Å². The van der Waals surface area contributed by atoms with E-state index in [-0.39, 0.29) is 46.0 Å². The van der Waals surface area contributed by atoms with Crippen LogP contribution in [0, 0.1) is 11.6 Å². The number of carbonyl (C=O) groups excluding carboxylic acids is 2. The van der Waals surface area contributed by atoms with Crippen molar-refractivity contribution in [3.63, 3.8) is 0 Å². The van der Waals surface area contributed by atoms with E-state index < -0.39 is 23.8 Å². The largest absolute Gasteiger partial charge is 0.488 e. The zero-order valence-electron chi connectivity index (χ0n) is 20.0. The molecular weight excluding hydrogens is 529 g/mol. The number of benzene rings is 2. The number of ether oxygens (including phenoxy) is 2. The maximum absolute atomic E-state index is 13.9. The van der Waals surface area contributed by atoms with Crippen molar-refractivity contribution in [2.45, 2.75) is 31.5 Å². The molecule has 2 fully saturated rings. The van der Waals surface area contributed by atoms with E-state index in [9.17, 15) is 18.4 Å². The molecule has 2 aromatic rings. The number of hydrazine groups is 1. The van der Waals surface area contributed by atoms with Crippen LogP contribution in [0.5, 0.6) is 5.75 Å². The number of amides is 2. The van der Waals surface area contributed by atoms with E-state index in [1.807, 2.05) is 6.92 Å². The molecule has 8 nitrogen and oxygen atoms in total. The third-order valence-corrected chi connectivity index (χ3v) is 7.36. The van der Waals surface area contributed by atoms with Crippen LogP contribution in [0.4, 0.5) is 13.6 Å². The second kappa shape index (κ2) is 10.00. The van der Waals surface area contributed by atoms with Crippen LogP contribution in [0.15, 0.2) is 35.9 Å². The summed E-state index contributed by atoms with van der Waals surface area (Å²) in [6, 6.07) is 5.85. The number of carbonyl (C=O) groups is 2. The normalized spacial score (nSPS) is 23.2. The third kappa shape index (κ3) is 4.93. The van der Waals surface area contributed by atoms with Gasteiger partial charge in [-0.15, -0.1) is 0 Å². The molecule has 5 rings (SSSR count). The minimum Gasteiger partial charge on any atom is -0.488 e. The zero-order valence-corrected chi connectivity index (χ0v) is 21.5. The van der Waals surface area contributed by atoms with E-state index >= 15 is 0 Å². The molecule has 3 heterocycles. The molecule has 0 radical (unpaired) electrons. The average molecular weight is 553 g/mol. The first-order valence-electron chi connectivity index (χ1n) is 11.7. The molecule has 0 bridgehead atoms. The number of likely N-dealkylation sites (tertiary alicyclic amines) is 1. The summed E-state index contributed by atoms with van der Waals surface area (Å²) in [6.07, 6.45) is -0.515. The molecule has 3 aliphatic heterocycles. The van der Waals surface area contributed by atoms with Crippen LogP contribution in [0.25, 0.3) is 5.70 Å². The van der Waals surface area contributed by atoms with Crippen molar-refractivity contribution in [2.75, 3.05) is 26.7 Å². The first kappa shape index (κ1) is 25.6. The van der Waals surface area contributed by atoms with E-state index in [4.69, 9.17) is 32.7 Å². The molecule has 1 unspecified atom stereocenters. The Kier molecular flexibility index (Phi) is 6.91. The van der Waals surface area contributed by atoms with E-state index in [1.54, 1.807) is 17.0 Å². The van der Waals surface area contributed by atoms with Crippen LogP contribution in [0.1, 0.15) is 29.3 Å². The van der Waals surface area contributed by atoms with E-state index in [0.717, 1.165) is 11.6 Å². The van der Waals surface area contributed by atoms with Gasteiger partial charge >= 0.3 is 6.09 Å². The van der Waals surface area contributed by atoms with Crippen molar-refractivity contribution in [2.24, 2.45) is 0 Å². The SMILES string of the molecule is C[C@H]1C2NN(C)C(c3cc(F)cc(F)c3)=C2CCN1C(=O)c1cc(Cl)cc(OC[C@@H]2CNC(=O)O2)c1Cl. The molecule has 12 heteroatoms. The van der Waals surface area contributed by atoms with Crippen LogP contribution in [0.3, 0.4) is 0 Å². The number of fused-ring (bicyclic) bond motifs is 1. The van der Waals surface area contributed by atoms with E-state index in [2.05, 4.69) is 10.7 Å². The lowest BCUT2D eigenvalue weighted by Gasteiger charge is -2.39. The molecular formula is C25H24Cl2F2N4O4. The van der Waals surface area contributed by atoms with Gasteiger partial charge in [0.1, 0.15) is 24.0 Å². The van der Waals surface area contributed by atoms with Crippen LogP contribution < -0.4 is 15.5 Å². The van der Waals surface area contributed by atoms with Crippen molar-refractivity contribution in [3.05, 3.63) is 68.7 Å². The number of cyclic esters (lactones) is 1. The number of nitrogens with zero attached hydrogens (tertiary/aromatic N) is 2. The smallest absolute Gasteiger partial charge is 0.407 e. The second-order valence-electron chi connectivity index (χ2n) is 9.17. The Balaban J connectivity index is 1.38. The Morgan fingerprint density at radius 2 is 1.92 bits per heavy atom. The lowest BCUT2D eigenvalue weighted by Crippen LogP contribution is -2.55. The molecule has 0 aliphatic carbocycles. The van der Waals surface area contributed by atoms with Crippen molar-refractivity contribution < 1.29 is 27.8 Å².